The van der Waals surface area contributed by atoms with E-state index in [2.05, 4.69) is 10.0 Å². The number of nitrogens with one attached hydrogen (secondary N) is 2. The third-order valence-corrected chi connectivity index (χ3v) is 4.48. The van der Waals surface area contributed by atoms with Crippen molar-refractivity contribution in [3.05, 3.63) is 17.1 Å². The molecule has 0 radical (unpaired) electrons. The minimum Gasteiger partial charge on any atom is -0.465 e. The monoisotopic (exact) mass is 288 g/mol. The van der Waals surface area contributed by atoms with Gasteiger partial charge in [-0.05, 0) is 20.3 Å². The summed E-state index contributed by atoms with van der Waals surface area (Å²) in [5.74, 6) is 1.10. The first-order valence-electron chi connectivity index (χ1n) is 6.61. The molecule has 0 spiro atoms. The number of furan rings is 1. The zero-order valence-corrected chi connectivity index (χ0v) is 13.1. The lowest BCUT2D eigenvalue weighted by Gasteiger charge is -2.10. The lowest BCUT2D eigenvalue weighted by molar-refractivity contribution is 0.491. The molecule has 0 aliphatic heterocycles. The van der Waals surface area contributed by atoms with Gasteiger partial charge in [0.2, 0.25) is 10.0 Å². The molecular weight excluding hydrogens is 264 g/mol. The Morgan fingerprint density at radius 2 is 1.84 bits per heavy atom. The number of rotatable bonds is 7. The first-order valence-corrected chi connectivity index (χ1v) is 8.09. The van der Waals surface area contributed by atoms with Crippen molar-refractivity contribution in [3.8, 4) is 0 Å². The normalized spacial score (nSPS) is 12.3. The Kier molecular flexibility index (Phi) is 5.58. The molecule has 0 unspecified atom stereocenters. The van der Waals surface area contributed by atoms with E-state index in [1.165, 1.54) is 0 Å². The van der Waals surface area contributed by atoms with Gasteiger partial charge in [0.05, 0.1) is 0 Å². The van der Waals surface area contributed by atoms with Crippen LogP contribution in [0.25, 0.3) is 0 Å². The lowest BCUT2D eigenvalue weighted by Crippen LogP contribution is -2.28. The van der Waals surface area contributed by atoms with Crippen LogP contribution in [0, 0.1) is 13.8 Å². The topological polar surface area (TPSA) is 71.3 Å². The van der Waals surface area contributed by atoms with Crippen LogP contribution < -0.4 is 10.0 Å². The van der Waals surface area contributed by atoms with Crippen molar-refractivity contribution in [2.75, 3.05) is 6.54 Å². The van der Waals surface area contributed by atoms with Gasteiger partial charge in [0.15, 0.2) is 0 Å². The summed E-state index contributed by atoms with van der Waals surface area (Å²) in [5.41, 5.74) is 0.717. The maximum atomic E-state index is 12.3. The van der Waals surface area contributed by atoms with Gasteiger partial charge in [-0.3, -0.25) is 0 Å². The Labute approximate surface area is 115 Å². The summed E-state index contributed by atoms with van der Waals surface area (Å²) >= 11 is 0. The molecule has 0 aliphatic rings. The third-order valence-electron chi connectivity index (χ3n) is 2.82. The first kappa shape index (κ1) is 16.2. The maximum Gasteiger partial charge on any atom is 0.244 e. The minimum atomic E-state index is -3.49. The molecule has 0 aromatic carbocycles. The van der Waals surface area contributed by atoms with Crippen LogP contribution in [0.2, 0.25) is 0 Å². The van der Waals surface area contributed by atoms with Gasteiger partial charge < -0.3 is 9.73 Å². The van der Waals surface area contributed by atoms with Gasteiger partial charge in [-0.2, -0.15) is 0 Å². The Hall–Kier alpha value is -0.850. The molecule has 110 valence electrons. The molecule has 0 fully saturated rings. The smallest absolute Gasteiger partial charge is 0.244 e. The van der Waals surface area contributed by atoms with E-state index < -0.39 is 10.0 Å². The molecule has 0 bridgehead atoms. The second-order valence-electron chi connectivity index (χ2n) is 4.96. The second kappa shape index (κ2) is 6.54. The molecule has 6 heteroatoms. The summed E-state index contributed by atoms with van der Waals surface area (Å²) in [7, 11) is -3.49. The lowest BCUT2D eigenvalue weighted by atomic mass is 10.2. The molecule has 0 aliphatic carbocycles. The van der Waals surface area contributed by atoms with E-state index in [0.29, 0.717) is 24.6 Å². The predicted octanol–water partition coefficient (Wildman–Crippen LogP) is 2.08. The van der Waals surface area contributed by atoms with Gasteiger partial charge in [-0.15, -0.1) is 0 Å². The van der Waals surface area contributed by atoms with E-state index >= 15 is 0 Å². The van der Waals surface area contributed by atoms with Gasteiger partial charge in [-0.25, -0.2) is 13.1 Å². The highest BCUT2D eigenvalue weighted by Crippen LogP contribution is 2.26. The fourth-order valence-corrected chi connectivity index (χ4v) is 3.46. The second-order valence-corrected chi connectivity index (χ2v) is 6.66. The van der Waals surface area contributed by atoms with E-state index in [-0.39, 0.29) is 10.9 Å². The summed E-state index contributed by atoms with van der Waals surface area (Å²) in [6.07, 6.45) is 0.759. The minimum absolute atomic E-state index is 0.284. The Morgan fingerprint density at radius 1 is 1.21 bits per heavy atom. The van der Waals surface area contributed by atoms with Crippen molar-refractivity contribution in [2.45, 2.75) is 58.5 Å². The highest BCUT2D eigenvalue weighted by molar-refractivity contribution is 7.89. The first-order chi connectivity index (χ1) is 8.79. The quantitative estimate of drug-likeness (QED) is 0.806. The highest BCUT2D eigenvalue weighted by Gasteiger charge is 2.26. The summed E-state index contributed by atoms with van der Waals surface area (Å²) < 4.78 is 32.7. The fourth-order valence-electron chi connectivity index (χ4n) is 1.88. The zero-order chi connectivity index (χ0) is 14.6. The molecular formula is C13H24N2O3S. The summed E-state index contributed by atoms with van der Waals surface area (Å²) in [4.78, 5) is 0.284. The Morgan fingerprint density at radius 3 is 2.37 bits per heavy atom. The number of hydrogen-bond donors (Lipinski definition) is 2. The SMILES string of the molecule is CCCNS(=O)(=O)c1c(C)oc(C)c1CNC(C)C. The number of sulfonamides is 1. The van der Waals surface area contributed by atoms with E-state index in [1.807, 2.05) is 20.8 Å². The van der Waals surface area contributed by atoms with Crippen LogP contribution >= 0.6 is 0 Å². The highest BCUT2D eigenvalue weighted by atomic mass is 32.2. The third kappa shape index (κ3) is 4.06. The van der Waals surface area contributed by atoms with Crippen LogP contribution in [-0.4, -0.2) is 21.0 Å². The van der Waals surface area contributed by atoms with Crippen LogP contribution in [-0.2, 0) is 16.6 Å². The van der Waals surface area contributed by atoms with E-state index in [9.17, 15) is 8.42 Å². The van der Waals surface area contributed by atoms with Crippen LogP contribution in [0.5, 0.6) is 0 Å². The molecule has 5 nitrogen and oxygen atoms in total. The van der Waals surface area contributed by atoms with Gasteiger partial charge in [0.25, 0.3) is 0 Å². The fraction of sp³-hybridized carbons (Fsp3) is 0.692. The van der Waals surface area contributed by atoms with Crippen molar-refractivity contribution in [1.82, 2.24) is 10.0 Å². The molecule has 1 aromatic rings. The van der Waals surface area contributed by atoms with Crippen LogP contribution in [0.3, 0.4) is 0 Å². The van der Waals surface area contributed by atoms with Crippen molar-refractivity contribution in [1.29, 1.82) is 0 Å². The van der Waals surface area contributed by atoms with E-state index in [0.717, 1.165) is 12.0 Å². The maximum absolute atomic E-state index is 12.3. The zero-order valence-electron chi connectivity index (χ0n) is 12.3. The van der Waals surface area contributed by atoms with Crippen LogP contribution in [0.4, 0.5) is 0 Å². The molecule has 19 heavy (non-hydrogen) atoms. The Balaban J connectivity index is 3.12. The number of aryl methyl sites for hydroxylation is 2. The largest absolute Gasteiger partial charge is 0.465 e. The predicted molar refractivity (Wildman–Crippen MR) is 75.6 cm³/mol. The Bertz CT molecular complexity index is 518. The van der Waals surface area contributed by atoms with Gasteiger partial charge >= 0.3 is 0 Å². The molecule has 0 saturated heterocycles. The molecule has 1 rings (SSSR count). The van der Waals surface area contributed by atoms with Gasteiger partial charge in [-0.1, -0.05) is 20.8 Å². The standard InChI is InChI=1S/C13H24N2O3S/c1-6-7-15-19(16,17)13-11(5)18-10(4)12(13)8-14-9(2)3/h9,14-15H,6-8H2,1-5H3. The van der Waals surface area contributed by atoms with Crippen molar-refractivity contribution < 1.29 is 12.8 Å². The summed E-state index contributed by atoms with van der Waals surface area (Å²) in [6, 6.07) is 0.286. The molecule has 0 amide bonds. The van der Waals surface area contributed by atoms with E-state index in [1.54, 1.807) is 13.8 Å². The molecule has 0 atom stereocenters. The van der Waals surface area contributed by atoms with Crippen molar-refractivity contribution in [3.63, 3.8) is 0 Å². The van der Waals surface area contributed by atoms with E-state index in [4.69, 9.17) is 4.42 Å². The van der Waals surface area contributed by atoms with Gasteiger partial charge in [0, 0.05) is 24.7 Å². The van der Waals surface area contributed by atoms with Crippen LogP contribution in [0.1, 0.15) is 44.3 Å². The summed E-state index contributed by atoms with van der Waals surface area (Å²) in [6.45, 7) is 10.4. The average Bonchev–Trinajstić information content (AvgIpc) is 2.59. The molecule has 2 N–H and O–H groups in total. The average molecular weight is 288 g/mol. The molecule has 1 heterocycles. The molecule has 0 saturated carbocycles. The van der Waals surface area contributed by atoms with Crippen molar-refractivity contribution in [2.24, 2.45) is 0 Å². The summed E-state index contributed by atoms with van der Waals surface area (Å²) in [5, 5.41) is 3.23. The van der Waals surface area contributed by atoms with Crippen molar-refractivity contribution >= 4 is 10.0 Å². The number of hydrogen-bond acceptors (Lipinski definition) is 4. The van der Waals surface area contributed by atoms with Gasteiger partial charge in [0.1, 0.15) is 16.4 Å². The molecule has 1 aromatic heterocycles. The van der Waals surface area contributed by atoms with Crippen LogP contribution in [0.15, 0.2) is 9.31 Å².